The largest absolute Gasteiger partial charge is 0.297 e. The fourth-order valence-corrected chi connectivity index (χ4v) is 3.41. The van der Waals surface area contributed by atoms with Crippen molar-refractivity contribution in [2.24, 2.45) is 0 Å². The zero-order valence-corrected chi connectivity index (χ0v) is 13.2. The van der Waals surface area contributed by atoms with Crippen LogP contribution in [0.2, 0.25) is 0 Å². The monoisotopic (exact) mass is 314 g/mol. The van der Waals surface area contributed by atoms with Crippen molar-refractivity contribution < 1.29 is 12.6 Å². The first-order valence-electron chi connectivity index (χ1n) is 7.26. The fourth-order valence-electron chi connectivity index (χ4n) is 2.18. The van der Waals surface area contributed by atoms with Crippen LogP contribution < -0.4 is 0 Å². The minimum absolute atomic E-state index is 0.206. The van der Waals surface area contributed by atoms with Gasteiger partial charge >= 0.3 is 0 Å². The molecule has 2 aromatic carbocycles. The second-order valence-corrected chi connectivity index (χ2v) is 7.21. The standard InChI is InChI=1S/C18H18O3S/c1-15-7-9-17(10-8-15)22(19,20)21-18(13-14-18)12-11-16-5-3-2-4-6-16/h2-12H,13-14H2,1H3/b12-11+. The average Bonchev–Trinajstić information content (AvgIpc) is 3.26. The molecular formula is C18H18O3S. The first-order valence-corrected chi connectivity index (χ1v) is 8.67. The molecule has 2 aromatic rings. The molecule has 0 aromatic heterocycles. The highest BCUT2D eigenvalue weighted by Crippen LogP contribution is 2.43. The van der Waals surface area contributed by atoms with E-state index in [2.05, 4.69) is 0 Å². The van der Waals surface area contributed by atoms with Gasteiger partial charge in [-0.2, -0.15) is 8.42 Å². The van der Waals surface area contributed by atoms with Crippen molar-refractivity contribution in [1.82, 2.24) is 0 Å². The molecule has 0 heterocycles. The van der Waals surface area contributed by atoms with Crippen LogP contribution in [-0.4, -0.2) is 14.0 Å². The Bertz CT molecular complexity index is 771. The van der Waals surface area contributed by atoms with Gasteiger partial charge in [0.25, 0.3) is 10.1 Å². The molecule has 0 amide bonds. The van der Waals surface area contributed by atoms with Crippen LogP contribution in [0.3, 0.4) is 0 Å². The maximum Gasteiger partial charge on any atom is 0.297 e. The van der Waals surface area contributed by atoms with Gasteiger partial charge < -0.3 is 0 Å². The minimum Gasteiger partial charge on any atom is -0.255 e. The summed E-state index contributed by atoms with van der Waals surface area (Å²) in [5, 5.41) is 0. The molecule has 1 aliphatic rings. The van der Waals surface area contributed by atoms with Crippen molar-refractivity contribution in [3.05, 3.63) is 71.8 Å². The molecule has 22 heavy (non-hydrogen) atoms. The highest BCUT2D eigenvalue weighted by Gasteiger charge is 2.46. The molecule has 0 radical (unpaired) electrons. The Morgan fingerprint density at radius 2 is 1.64 bits per heavy atom. The maximum atomic E-state index is 12.4. The lowest BCUT2D eigenvalue weighted by Gasteiger charge is -2.12. The van der Waals surface area contributed by atoms with Gasteiger partial charge in [-0.05, 0) is 37.5 Å². The number of benzene rings is 2. The van der Waals surface area contributed by atoms with Crippen LogP contribution in [0, 0.1) is 6.92 Å². The van der Waals surface area contributed by atoms with Gasteiger partial charge in [0, 0.05) is 0 Å². The summed E-state index contributed by atoms with van der Waals surface area (Å²) in [6, 6.07) is 16.5. The van der Waals surface area contributed by atoms with E-state index in [0.717, 1.165) is 24.0 Å². The van der Waals surface area contributed by atoms with E-state index < -0.39 is 15.7 Å². The molecule has 1 fully saturated rings. The lowest BCUT2D eigenvalue weighted by Crippen LogP contribution is -2.17. The van der Waals surface area contributed by atoms with Crippen LogP contribution in [0.15, 0.2) is 65.6 Å². The van der Waals surface area contributed by atoms with Gasteiger partial charge in [-0.3, -0.25) is 4.18 Å². The number of aryl methyl sites for hydroxylation is 1. The lowest BCUT2D eigenvalue weighted by molar-refractivity contribution is 0.238. The summed E-state index contributed by atoms with van der Waals surface area (Å²) in [6.45, 7) is 1.92. The Balaban J connectivity index is 1.77. The van der Waals surface area contributed by atoms with Gasteiger partial charge in [-0.1, -0.05) is 60.2 Å². The van der Waals surface area contributed by atoms with E-state index in [0.29, 0.717) is 0 Å². The van der Waals surface area contributed by atoms with Crippen LogP contribution in [0.4, 0.5) is 0 Å². The second kappa shape index (κ2) is 5.71. The Kier molecular flexibility index (Phi) is 3.89. The Morgan fingerprint density at radius 1 is 1.00 bits per heavy atom. The maximum absolute atomic E-state index is 12.4. The normalized spacial score (nSPS) is 16.8. The molecule has 0 bridgehead atoms. The summed E-state index contributed by atoms with van der Waals surface area (Å²) in [4.78, 5) is 0.206. The predicted molar refractivity (Wildman–Crippen MR) is 86.9 cm³/mol. The van der Waals surface area contributed by atoms with Gasteiger partial charge in [0.1, 0.15) is 5.60 Å². The summed E-state index contributed by atoms with van der Waals surface area (Å²) in [5.41, 5.74) is 1.37. The molecule has 0 aliphatic heterocycles. The number of rotatable bonds is 5. The topological polar surface area (TPSA) is 43.4 Å². The van der Waals surface area contributed by atoms with Crippen molar-refractivity contribution in [3.63, 3.8) is 0 Å². The molecule has 1 aliphatic carbocycles. The van der Waals surface area contributed by atoms with Crippen LogP contribution in [0.5, 0.6) is 0 Å². The van der Waals surface area contributed by atoms with E-state index in [4.69, 9.17) is 4.18 Å². The van der Waals surface area contributed by atoms with E-state index in [-0.39, 0.29) is 4.90 Å². The molecule has 114 valence electrons. The molecule has 3 nitrogen and oxygen atoms in total. The van der Waals surface area contributed by atoms with Crippen LogP contribution in [0.25, 0.3) is 6.08 Å². The van der Waals surface area contributed by atoms with Gasteiger partial charge in [0.05, 0.1) is 4.90 Å². The number of hydrogen-bond donors (Lipinski definition) is 0. The van der Waals surface area contributed by atoms with Gasteiger partial charge in [0.15, 0.2) is 0 Å². The smallest absolute Gasteiger partial charge is 0.255 e. The summed E-state index contributed by atoms with van der Waals surface area (Å²) >= 11 is 0. The lowest BCUT2D eigenvalue weighted by atomic mass is 10.2. The highest BCUT2D eigenvalue weighted by atomic mass is 32.2. The molecule has 0 atom stereocenters. The predicted octanol–water partition coefficient (Wildman–Crippen LogP) is 3.95. The third kappa shape index (κ3) is 3.46. The van der Waals surface area contributed by atoms with Gasteiger partial charge in [-0.15, -0.1) is 0 Å². The number of hydrogen-bond acceptors (Lipinski definition) is 3. The zero-order chi connectivity index (χ0) is 15.6. The van der Waals surface area contributed by atoms with Crippen LogP contribution in [0.1, 0.15) is 24.0 Å². The van der Waals surface area contributed by atoms with E-state index in [9.17, 15) is 8.42 Å². The van der Waals surface area contributed by atoms with Crippen molar-refractivity contribution >= 4 is 16.2 Å². The Morgan fingerprint density at radius 3 is 2.23 bits per heavy atom. The summed E-state index contributed by atoms with van der Waals surface area (Å²) < 4.78 is 30.2. The van der Waals surface area contributed by atoms with E-state index in [1.165, 1.54) is 0 Å². The first-order chi connectivity index (χ1) is 10.5. The Labute approximate surface area is 131 Å². The van der Waals surface area contributed by atoms with E-state index >= 15 is 0 Å². The highest BCUT2D eigenvalue weighted by molar-refractivity contribution is 7.86. The van der Waals surface area contributed by atoms with Gasteiger partial charge in [-0.25, -0.2) is 0 Å². The van der Waals surface area contributed by atoms with Crippen LogP contribution >= 0.6 is 0 Å². The van der Waals surface area contributed by atoms with Gasteiger partial charge in [0.2, 0.25) is 0 Å². The average molecular weight is 314 g/mol. The third-order valence-corrected chi connectivity index (χ3v) is 5.11. The molecule has 0 N–H and O–H groups in total. The minimum atomic E-state index is -3.73. The van der Waals surface area contributed by atoms with Crippen LogP contribution in [-0.2, 0) is 14.3 Å². The summed E-state index contributed by atoms with van der Waals surface area (Å²) in [6.07, 6.45) is 5.22. The molecular weight excluding hydrogens is 296 g/mol. The molecule has 0 spiro atoms. The fraction of sp³-hybridized carbons (Fsp3) is 0.222. The van der Waals surface area contributed by atoms with Crippen molar-refractivity contribution in [2.75, 3.05) is 0 Å². The molecule has 4 heteroatoms. The summed E-state index contributed by atoms with van der Waals surface area (Å²) in [5.74, 6) is 0. The van der Waals surface area contributed by atoms with E-state index in [1.807, 2.05) is 49.4 Å². The quantitative estimate of drug-likeness (QED) is 0.785. The molecule has 0 saturated heterocycles. The van der Waals surface area contributed by atoms with E-state index in [1.54, 1.807) is 24.3 Å². The third-order valence-electron chi connectivity index (χ3n) is 3.71. The Hall–Kier alpha value is -1.91. The van der Waals surface area contributed by atoms with Crippen molar-refractivity contribution in [2.45, 2.75) is 30.3 Å². The molecule has 1 saturated carbocycles. The molecule has 0 unspecified atom stereocenters. The summed E-state index contributed by atoms with van der Waals surface area (Å²) in [7, 11) is -3.73. The van der Waals surface area contributed by atoms with Crippen molar-refractivity contribution in [1.29, 1.82) is 0 Å². The second-order valence-electron chi connectivity index (χ2n) is 5.66. The molecule has 3 rings (SSSR count). The zero-order valence-electron chi connectivity index (χ0n) is 12.4. The van der Waals surface area contributed by atoms with Crippen molar-refractivity contribution in [3.8, 4) is 0 Å². The SMILES string of the molecule is Cc1ccc(S(=O)(=O)OC2(/C=C/c3ccccc3)CC2)cc1. The first kappa shape index (κ1) is 15.0.